The van der Waals surface area contributed by atoms with Gasteiger partial charge < -0.3 is 15.3 Å². The van der Waals surface area contributed by atoms with Crippen molar-refractivity contribution in [2.75, 3.05) is 0 Å². The second-order valence-corrected chi connectivity index (χ2v) is 11.2. The molecule has 4 rings (SSSR count). The molecule has 0 heterocycles. The van der Waals surface area contributed by atoms with Gasteiger partial charge in [-0.3, -0.25) is 9.59 Å². The Labute approximate surface area is 174 Å². The first kappa shape index (κ1) is 21.3. The first-order valence-corrected chi connectivity index (χ1v) is 11.7. The molecular weight excluding hydrogens is 368 g/mol. The van der Waals surface area contributed by atoms with Crippen LogP contribution in [0.25, 0.3) is 0 Å². The molecule has 3 N–H and O–H groups in total. The molecule has 1 unspecified atom stereocenters. The van der Waals surface area contributed by atoms with Gasteiger partial charge in [-0.2, -0.15) is 0 Å². The minimum absolute atomic E-state index is 0.0179. The number of ketones is 1. The summed E-state index contributed by atoms with van der Waals surface area (Å²) in [7, 11) is 0. The van der Waals surface area contributed by atoms with Crippen LogP contribution in [-0.4, -0.2) is 38.3 Å². The lowest BCUT2D eigenvalue weighted by Gasteiger charge is -2.66. The van der Waals surface area contributed by atoms with E-state index >= 15 is 0 Å². The maximum Gasteiger partial charge on any atom is 0.303 e. The number of carbonyl (C=O) groups is 2. The summed E-state index contributed by atoms with van der Waals surface area (Å²) in [6, 6.07) is 0. The third kappa shape index (κ3) is 2.79. The number of fused-ring (bicyclic) bond motifs is 5. The van der Waals surface area contributed by atoms with Crippen molar-refractivity contribution in [2.24, 2.45) is 34.5 Å². The van der Waals surface area contributed by atoms with E-state index in [0.717, 1.165) is 38.5 Å². The summed E-state index contributed by atoms with van der Waals surface area (Å²) in [6.45, 7) is 6.55. The zero-order valence-electron chi connectivity index (χ0n) is 18.2. The number of aliphatic hydroxyl groups is 2. The molecule has 0 spiro atoms. The van der Waals surface area contributed by atoms with E-state index in [1.807, 2.05) is 0 Å². The average molecular weight is 407 g/mol. The Morgan fingerprint density at radius 3 is 2.38 bits per heavy atom. The van der Waals surface area contributed by atoms with Gasteiger partial charge in [-0.1, -0.05) is 27.2 Å². The van der Waals surface area contributed by atoms with Crippen LogP contribution in [0.1, 0.15) is 91.4 Å². The fraction of sp³-hybridized carbons (Fsp3) is 0.917. The maximum atomic E-state index is 12.3. The normalized spacial score (nSPS) is 51.8. The van der Waals surface area contributed by atoms with Crippen LogP contribution in [0, 0.1) is 34.5 Å². The number of hydrogen-bond donors (Lipinski definition) is 3. The van der Waals surface area contributed by atoms with Crippen molar-refractivity contribution < 1.29 is 24.9 Å². The molecule has 4 aliphatic carbocycles. The molecule has 8 atom stereocenters. The van der Waals surface area contributed by atoms with Crippen LogP contribution in [0.15, 0.2) is 0 Å². The van der Waals surface area contributed by atoms with Gasteiger partial charge in [0.05, 0.1) is 11.2 Å². The summed E-state index contributed by atoms with van der Waals surface area (Å²) in [5, 5.41) is 32.5. The predicted octanol–water partition coefficient (Wildman–Crippen LogP) is 3.95. The molecule has 0 aromatic carbocycles. The lowest BCUT2D eigenvalue weighted by molar-refractivity contribution is -0.237. The largest absolute Gasteiger partial charge is 0.481 e. The molecule has 0 saturated heterocycles. The van der Waals surface area contributed by atoms with E-state index in [9.17, 15) is 19.8 Å². The first-order valence-electron chi connectivity index (χ1n) is 11.7. The van der Waals surface area contributed by atoms with Crippen molar-refractivity contribution in [2.45, 2.75) is 103 Å². The summed E-state index contributed by atoms with van der Waals surface area (Å²) in [6.07, 6.45) is 7.25. The third-order valence-corrected chi connectivity index (χ3v) is 10.4. The van der Waals surface area contributed by atoms with Crippen LogP contribution in [-0.2, 0) is 9.59 Å². The standard InChI is InChI=1S/C24H38O5/c1-4-15-13-17-18-7-11-23(28,12-8-20(26)27)21(18,2)10-6-19(17)22(3)9-5-16(25)14-24(15,22)29/h15,17-19,28-29H,4-14H2,1-3H3,(H,26,27)/t15-,17+,18+,19+,21+,22-,23-,24?/m1/s1. The van der Waals surface area contributed by atoms with Gasteiger partial charge in [0.15, 0.2) is 0 Å². The van der Waals surface area contributed by atoms with Crippen LogP contribution >= 0.6 is 0 Å². The molecule has 0 aromatic heterocycles. The van der Waals surface area contributed by atoms with Gasteiger partial charge >= 0.3 is 5.97 Å². The van der Waals surface area contributed by atoms with Crippen molar-refractivity contribution in [3.8, 4) is 0 Å². The van der Waals surface area contributed by atoms with Crippen molar-refractivity contribution >= 4 is 11.8 Å². The van der Waals surface area contributed by atoms with Gasteiger partial charge in [0.2, 0.25) is 0 Å². The number of rotatable bonds is 4. The summed E-state index contributed by atoms with van der Waals surface area (Å²) >= 11 is 0. The molecule has 29 heavy (non-hydrogen) atoms. The second-order valence-electron chi connectivity index (χ2n) is 11.2. The zero-order valence-corrected chi connectivity index (χ0v) is 18.2. The smallest absolute Gasteiger partial charge is 0.303 e. The van der Waals surface area contributed by atoms with E-state index in [0.29, 0.717) is 43.4 Å². The second kappa shape index (κ2) is 6.78. The molecule has 164 valence electrons. The van der Waals surface area contributed by atoms with Gasteiger partial charge in [-0.15, -0.1) is 0 Å². The predicted molar refractivity (Wildman–Crippen MR) is 109 cm³/mol. The maximum absolute atomic E-state index is 12.3. The number of hydrogen-bond acceptors (Lipinski definition) is 4. The fourth-order valence-corrected chi connectivity index (χ4v) is 8.59. The molecule has 5 heteroatoms. The van der Waals surface area contributed by atoms with E-state index < -0.39 is 17.2 Å². The van der Waals surface area contributed by atoms with Gasteiger partial charge in [0.1, 0.15) is 5.78 Å². The first-order chi connectivity index (χ1) is 13.5. The molecule has 0 radical (unpaired) electrons. The highest BCUT2D eigenvalue weighted by Gasteiger charge is 2.69. The molecule has 5 nitrogen and oxygen atoms in total. The lowest BCUT2D eigenvalue weighted by atomic mass is 9.40. The van der Waals surface area contributed by atoms with Crippen LogP contribution in [0.2, 0.25) is 0 Å². The van der Waals surface area contributed by atoms with Crippen molar-refractivity contribution in [3.05, 3.63) is 0 Å². The van der Waals surface area contributed by atoms with E-state index in [4.69, 9.17) is 5.11 Å². The Kier molecular flexibility index (Phi) is 4.98. The van der Waals surface area contributed by atoms with Crippen LogP contribution < -0.4 is 0 Å². The molecular formula is C24H38O5. The van der Waals surface area contributed by atoms with Crippen molar-refractivity contribution in [1.29, 1.82) is 0 Å². The van der Waals surface area contributed by atoms with Crippen LogP contribution in [0.5, 0.6) is 0 Å². The highest BCUT2D eigenvalue weighted by molar-refractivity contribution is 5.81. The van der Waals surface area contributed by atoms with Crippen molar-refractivity contribution in [1.82, 2.24) is 0 Å². The molecule has 0 aliphatic heterocycles. The quantitative estimate of drug-likeness (QED) is 0.657. The Morgan fingerprint density at radius 2 is 1.72 bits per heavy atom. The number of aliphatic carboxylic acids is 1. The highest BCUT2D eigenvalue weighted by Crippen LogP contribution is 2.70. The summed E-state index contributed by atoms with van der Waals surface area (Å²) in [4.78, 5) is 23.5. The Hall–Kier alpha value is -0.940. The van der Waals surface area contributed by atoms with E-state index in [1.165, 1.54) is 0 Å². The lowest BCUT2D eigenvalue weighted by Crippen LogP contribution is -2.66. The van der Waals surface area contributed by atoms with E-state index in [1.54, 1.807) is 0 Å². The number of carbonyl (C=O) groups excluding carboxylic acids is 1. The average Bonchev–Trinajstić information content (AvgIpc) is 2.92. The Morgan fingerprint density at radius 1 is 1.07 bits per heavy atom. The third-order valence-electron chi connectivity index (χ3n) is 10.4. The molecule has 4 aliphatic rings. The number of carboxylic acid groups (broad SMARTS) is 1. The monoisotopic (exact) mass is 406 g/mol. The van der Waals surface area contributed by atoms with E-state index in [-0.39, 0.29) is 29.0 Å². The summed E-state index contributed by atoms with van der Waals surface area (Å²) in [5.74, 6) is 0.666. The highest BCUT2D eigenvalue weighted by atomic mass is 16.4. The van der Waals surface area contributed by atoms with Crippen molar-refractivity contribution in [3.63, 3.8) is 0 Å². The van der Waals surface area contributed by atoms with Gasteiger partial charge in [-0.05, 0) is 74.0 Å². The molecule has 0 bridgehead atoms. The molecule has 4 fully saturated rings. The molecule has 0 aromatic rings. The van der Waals surface area contributed by atoms with E-state index in [2.05, 4.69) is 20.8 Å². The Balaban J connectivity index is 1.67. The Bertz CT molecular complexity index is 705. The number of Topliss-reactive ketones (excluding diaryl/α,β-unsaturated/α-hetero) is 1. The van der Waals surface area contributed by atoms with Gasteiger partial charge in [0.25, 0.3) is 0 Å². The number of carboxylic acids is 1. The minimum atomic E-state index is -0.903. The summed E-state index contributed by atoms with van der Waals surface area (Å²) in [5.41, 5.74) is -2.30. The molecule has 0 amide bonds. The van der Waals surface area contributed by atoms with Crippen LogP contribution in [0.3, 0.4) is 0 Å². The van der Waals surface area contributed by atoms with Crippen LogP contribution in [0.4, 0.5) is 0 Å². The van der Waals surface area contributed by atoms with Gasteiger partial charge in [-0.25, -0.2) is 0 Å². The molecule has 4 saturated carbocycles. The van der Waals surface area contributed by atoms with Gasteiger partial charge in [0, 0.05) is 24.7 Å². The summed E-state index contributed by atoms with van der Waals surface area (Å²) < 4.78 is 0. The minimum Gasteiger partial charge on any atom is -0.481 e. The zero-order chi connectivity index (χ0) is 21.2. The SMILES string of the molecule is CC[C@@H]1C[C@H]2[C@@H]3CC[C@@](O)(CCC(=O)O)[C@@]3(C)CC[C@@H]2[C@@]2(C)CCC(=O)CC12O. The topological polar surface area (TPSA) is 94.8 Å². The fourth-order valence-electron chi connectivity index (χ4n) is 8.59.